The molecule has 1 heterocycles. The van der Waals surface area contributed by atoms with Crippen LogP contribution in [0, 0.1) is 0 Å². The molecule has 0 spiro atoms. The van der Waals surface area contributed by atoms with Crippen molar-refractivity contribution in [2.75, 3.05) is 0 Å². The highest BCUT2D eigenvalue weighted by Gasteiger charge is 2.16. The van der Waals surface area contributed by atoms with Crippen LogP contribution in [0.15, 0.2) is 22.8 Å². The highest BCUT2D eigenvalue weighted by Crippen LogP contribution is 2.31. The van der Waals surface area contributed by atoms with Gasteiger partial charge < -0.3 is 10.1 Å². The molecule has 2 nitrogen and oxygen atoms in total. The first-order valence-corrected chi connectivity index (χ1v) is 5.26. The molecule has 4 heteroatoms. The van der Waals surface area contributed by atoms with Crippen LogP contribution < -0.4 is 5.32 Å². The van der Waals surface area contributed by atoms with Crippen molar-refractivity contribution in [3.63, 3.8) is 0 Å². The van der Waals surface area contributed by atoms with Gasteiger partial charge in [-0.05, 0) is 51.5 Å². The molecule has 0 aromatic heterocycles. The lowest BCUT2D eigenvalue weighted by atomic mass is 9.99. The van der Waals surface area contributed by atoms with E-state index in [9.17, 15) is 4.79 Å². The number of hydrogen-bond acceptors (Lipinski definition) is 2. The molecule has 0 amide bonds. The maximum absolute atomic E-state index is 10.8. The van der Waals surface area contributed by atoms with Crippen LogP contribution in [0.25, 0.3) is 6.08 Å². The van der Waals surface area contributed by atoms with Crippen LogP contribution in [0.4, 0.5) is 0 Å². The van der Waals surface area contributed by atoms with E-state index < -0.39 is 0 Å². The first-order chi connectivity index (χ1) is 6.72. The highest BCUT2D eigenvalue weighted by molar-refractivity contribution is 9.10. The summed E-state index contributed by atoms with van der Waals surface area (Å²) in [7, 11) is 0. The van der Waals surface area contributed by atoms with Gasteiger partial charge in [0.05, 0.1) is 5.02 Å². The van der Waals surface area contributed by atoms with Crippen LogP contribution >= 0.6 is 27.5 Å². The monoisotopic (exact) mass is 271 g/mol. The average Bonchev–Trinajstić information content (AvgIpc) is 2.19. The summed E-state index contributed by atoms with van der Waals surface area (Å²) in [5.74, 6) is 0. The molecule has 1 unspecified atom stereocenters. The third-order valence-electron chi connectivity index (χ3n) is 2.14. The van der Waals surface area contributed by atoms with Gasteiger partial charge >= 0.3 is 0 Å². The zero-order chi connectivity index (χ0) is 10.1. The van der Waals surface area contributed by atoms with Crippen molar-refractivity contribution in [1.82, 2.24) is 5.32 Å². The van der Waals surface area contributed by atoms with Crippen LogP contribution in [0.1, 0.15) is 17.2 Å². The maximum Gasteiger partial charge on any atom is 0.146 e. The van der Waals surface area contributed by atoms with Crippen LogP contribution in [-0.4, -0.2) is 6.29 Å². The van der Waals surface area contributed by atoms with E-state index in [2.05, 4.69) is 21.2 Å². The molecule has 0 saturated heterocycles. The lowest BCUT2D eigenvalue weighted by molar-refractivity contribution is -0.109. The van der Waals surface area contributed by atoms with Crippen molar-refractivity contribution in [1.29, 1.82) is 0 Å². The third kappa shape index (κ3) is 1.57. The van der Waals surface area contributed by atoms with Crippen LogP contribution in [0.2, 0.25) is 5.02 Å². The average molecular weight is 273 g/mol. The Kier molecular flexibility index (Phi) is 2.61. The molecule has 72 valence electrons. The molecule has 1 aromatic carbocycles. The fraction of sp³-hybridized carbons (Fsp3) is 0.100. The summed E-state index contributed by atoms with van der Waals surface area (Å²) < 4.78 is 0.842. The van der Waals surface area contributed by atoms with Crippen molar-refractivity contribution < 1.29 is 4.79 Å². The Morgan fingerprint density at radius 2 is 2.29 bits per heavy atom. The van der Waals surface area contributed by atoms with E-state index in [0.717, 1.165) is 21.9 Å². The summed E-state index contributed by atoms with van der Waals surface area (Å²) in [6.07, 6.45) is 4.55. The number of carbonyl (C=O) groups is 1. The Labute approximate surface area is 95.1 Å². The minimum Gasteiger partial charge on any atom is -0.378 e. The summed E-state index contributed by atoms with van der Waals surface area (Å²) in [6.45, 7) is 0. The standard InChI is InChI=1S/C10H7BrClNO/c11-8-3-6-1-2-13-10(5-14)7(6)4-9(8)12/h1-5,10,13H. The number of hydrogen-bond donors (Lipinski definition) is 1. The molecule has 0 bridgehead atoms. The molecule has 14 heavy (non-hydrogen) atoms. The fourth-order valence-corrected chi connectivity index (χ4v) is 1.97. The number of aldehydes is 1. The molecule has 0 radical (unpaired) electrons. The lowest BCUT2D eigenvalue weighted by Gasteiger charge is -2.19. The quantitative estimate of drug-likeness (QED) is 0.797. The topological polar surface area (TPSA) is 29.1 Å². The summed E-state index contributed by atoms with van der Waals surface area (Å²) in [5.41, 5.74) is 1.92. The summed E-state index contributed by atoms with van der Waals surface area (Å²) in [6, 6.07) is 3.42. The van der Waals surface area contributed by atoms with Gasteiger partial charge in [0.1, 0.15) is 12.3 Å². The van der Waals surface area contributed by atoms with Gasteiger partial charge in [0.2, 0.25) is 0 Å². The van der Waals surface area contributed by atoms with Crippen molar-refractivity contribution in [2.45, 2.75) is 6.04 Å². The Hall–Kier alpha value is -0.800. The highest BCUT2D eigenvalue weighted by atomic mass is 79.9. The predicted octanol–water partition coefficient (Wildman–Crippen LogP) is 2.92. The Morgan fingerprint density at radius 3 is 3.00 bits per heavy atom. The Bertz CT molecular complexity index is 417. The first-order valence-electron chi connectivity index (χ1n) is 4.09. The number of carbonyl (C=O) groups excluding carboxylic acids is 1. The van der Waals surface area contributed by atoms with Gasteiger partial charge in [-0.3, -0.25) is 0 Å². The van der Waals surface area contributed by atoms with E-state index >= 15 is 0 Å². The zero-order valence-corrected chi connectivity index (χ0v) is 9.47. The minimum atomic E-state index is -0.291. The van der Waals surface area contributed by atoms with Gasteiger partial charge in [-0.15, -0.1) is 0 Å². The summed E-state index contributed by atoms with van der Waals surface area (Å²) >= 11 is 9.29. The predicted molar refractivity (Wildman–Crippen MR) is 60.1 cm³/mol. The number of benzene rings is 1. The van der Waals surface area contributed by atoms with E-state index in [0.29, 0.717) is 5.02 Å². The van der Waals surface area contributed by atoms with Crippen molar-refractivity contribution >= 4 is 39.9 Å². The molecule has 0 fully saturated rings. The van der Waals surface area contributed by atoms with Gasteiger partial charge in [-0.25, -0.2) is 0 Å². The van der Waals surface area contributed by atoms with E-state index in [1.807, 2.05) is 12.1 Å². The van der Waals surface area contributed by atoms with Gasteiger partial charge in [0.25, 0.3) is 0 Å². The van der Waals surface area contributed by atoms with Crippen molar-refractivity contribution in [3.05, 3.63) is 39.0 Å². The molecule has 1 N–H and O–H groups in total. The van der Waals surface area contributed by atoms with Crippen molar-refractivity contribution in [2.24, 2.45) is 0 Å². The van der Waals surface area contributed by atoms with E-state index in [4.69, 9.17) is 11.6 Å². The molecule has 1 atom stereocenters. The molecule has 0 saturated carbocycles. The van der Waals surface area contributed by atoms with E-state index in [1.165, 1.54) is 0 Å². The molecular weight excluding hydrogens is 265 g/mol. The van der Waals surface area contributed by atoms with Crippen LogP contribution in [-0.2, 0) is 4.79 Å². The second-order valence-corrected chi connectivity index (χ2v) is 4.27. The Balaban J connectivity index is 2.59. The molecule has 0 aliphatic carbocycles. The van der Waals surface area contributed by atoms with E-state index in [-0.39, 0.29) is 6.04 Å². The molecular formula is C10H7BrClNO. The van der Waals surface area contributed by atoms with Gasteiger partial charge in [0.15, 0.2) is 0 Å². The van der Waals surface area contributed by atoms with Gasteiger partial charge in [-0.2, -0.15) is 0 Å². The molecule has 1 aliphatic heterocycles. The normalized spacial score (nSPS) is 18.6. The fourth-order valence-electron chi connectivity index (χ4n) is 1.44. The zero-order valence-electron chi connectivity index (χ0n) is 7.13. The van der Waals surface area contributed by atoms with E-state index in [1.54, 1.807) is 12.3 Å². The molecule has 1 aliphatic rings. The first kappa shape index (κ1) is 9.74. The maximum atomic E-state index is 10.8. The van der Waals surface area contributed by atoms with Crippen LogP contribution in [0.5, 0.6) is 0 Å². The van der Waals surface area contributed by atoms with Crippen LogP contribution in [0.3, 0.4) is 0 Å². The number of halogens is 2. The Morgan fingerprint density at radius 1 is 1.50 bits per heavy atom. The van der Waals surface area contributed by atoms with Gasteiger partial charge in [0, 0.05) is 4.47 Å². The SMILES string of the molecule is O=CC1NC=Cc2cc(Br)c(Cl)cc21. The van der Waals surface area contributed by atoms with Crippen molar-refractivity contribution in [3.8, 4) is 0 Å². The summed E-state index contributed by atoms with van der Waals surface area (Å²) in [4.78, 5) is 10.8. The number of fused-ring (bicyclic) bond motifs is 1. The lowest BCUT2D eigenvalue weighted by Crippen LogP contribution is -2.20. The number of nitrogens with one attached hydrogen (secondary N) is 1. The van der Waals surface area contributed by atoms with Gasteiger partial charge in [-0.1, -0.05) is 11.6 Å². The largest absolute Gasteiger partial charge is 0.378 e. The molecule has 2 rings (SSSR count). The smallest absolute Gasteiger partial charge is 0.146 e. The number of rotatable bonds is 1. The molecule has 1 aromatic rings. The second-order valence-electron chi connectivity index (χ2n) is 3.01. The minimum absolute atomic E-state index is 0.291. The second kappa shape index (κ2) is 3.75. The third-order valence-corrected chi connectivity index (χ3v) is 3.33. The summed E-state index contributed by atoms with van der Waals surface area (Å²) in [5, 5.41) is 3.57.